The Morgan fingerprint density at radius 2 is 1.92 bits per heavy atom. The molecule has 1 saturated carbocycles. The van der Waals surface area contributed by atoms with Crippen molar-refractivity contribution in [2.24, 2.45) is 11.3 Å². The lowest BCUT2D eigenvalue weighted by Crippen LogP contribution is -2.42. The van der Waals surface area contributed by atoms with Gasteiger partial charge < -0.3 is 15.2 Å². The van der Waals surface area contributed by atoms with E-state index in [1.54, 1.807) is 25.1 Å². The van der Waals surface area contributed by atoms with E-state index in [2.05, 4.69) is 5.32 Å². The standard InChI is InChI=1S/C19H25F2NO4/c1-19(11-17(23)24,13-7-3-2-4-8-13)18(25)22-14-9-5-6-10-15(14)26-12-16(20)21/h5-6,9-10,13,16H,2-4,7-8,11-12H2,1H3,(H,22,25)(H,23,24). The summed E-state index contributed by atoms with van der Waals surface area (Å²) in [5.74, 6) is -1.33. The highest BCUT2D eigenvalue weighted by Gasteiger charge is 2.43. The molecule has 1 amide bonds. The summed E-state index contributed by atoms with van der Waals surface area (Å²) < 4.78 is 29.9. The minimum Gasteiger partial charge on any atom is -0.485 e. The molecule has 0 aromatic heterocycles. The Hall–Kier alpha value is -2.18. The van der Waals surface area contributed by atoms with Gasteiger partial charge in [0, 0.05) is 0 Å². The monoisotopic (exact) mass is 369 g/mol. The molecule has 26 heavy (non-hydrogen) atoms. The highest BCUT2D eigenvalue weighted by atomic mass is 19.3. The first kappa shape index (κ1) is 20.1. The molecule has 0 saturated heterocycles. The van der Waals surface area contributed by atoms with E-state index in [0.717, 1.165) is 32.1 Å². The van der Waals surface area contributed by atoms with Crippen molar-refractivity contribution < 1.29 is 28.2 Å². The fraction of sp³-hybridized carbons (Fsp3) is 0.579. The van der Waals surface area contributed by atoms with Gasteiger partial charge in [0.05, 0.1) is 17.5 Å². The van der Waals surface area contributed by atoms with Crippen molar-refractivity contribution in [3.63, 3.8) is 0 Å². The third-order valence-corrected chi connectivity index (χ3v) is 5.04. The third kappa shape index (κ3) is 5.16. The van der Waals surface area contributed by atoms with Crippen molar-refractivity contribution in [3.05, 3.63) is 24.3 Å². The Balaban J connectivity index is 2.20. The number of ether oxygens (including phenoxy) is 1. The Bertz CT molecular complexity index is 632. The van der Waals surface area contributed by atoms with Crippen molar-refractivity contribution >= 4 is 17.6 Å². The number of alkyl halides is 2. The average Bonchev–Trinajstić information content (AvgIpc) is 2.61. The molecular weight excluding hydrogens is 344 g/mol. The summed E-state index contributed by atoms with van der Waals surface area (Å²) in [4.78, 5) is 24.4. The highest BCUT2D eigenvalue weighted by molar-refractivity contribution is 5.98. The van der Waals surface area contributed by atoms with Crippen LogP contribution in [0.5, 0.6) is 5.75 Å². The van der Waals surface area contributed by atoms with Gasteiger partial charge in [-0.1, -0.05) is 31.4 Å². The second kappa shape index (κ2) is 8.96. The van der Waals surface area contributed by atoms with Crippen LogP contribution in [0.15, 0.2) is 24.3 Å². The fourth-order valence-corrected chi connectivity index (χ4v) is 3.58. The topological polar surface area (TPSA) is 75.6 Å². The molecule has 2 N–H and O–H groups in total. The lowest BCUT2D eigenvalue weighted by molar-refractivity contribution is -0.145. The number of para-hydroxylation sites is 2. The molecule has 0 spiro atoms. The second-order valence-corrected chi connectivity index (χ2v) is 6.98. The Morgan fingerprint density at radius 1 is 1.27 bits per heavy atom. The van der Waals surface area contributed by atoms with E-state index in [-0.39, 0.29) is 23.8 Å². The predicted octanol–water partition coefficient (Wildman–Crippen LogP) is 4.33. The van der Waals surface area contributed by atoms with E-state index in [1.807, 2.05) is 0 Å². The largest absolute Gasteiger partial charge is 0.485 e. The van der Waals surface area contributed by atoms with Gasteiger partial charge >= 0.3 is 5.97 Å². The van der Waals surface area contributed by atoms with Crippen molar-refractivity contribution in [2.45, 2.75) is 51.9 Å². The number of carboxylic acid groups (broad SMARTS) is 1. The van der Waals surface area contributed by atoms with Crippen LogP contribution >= 0.6 is 0 Å². The maximum Gasteiger partial charge on any atom is 0.304 e. The van der Waals surface area contributed by atoms with Crippen LogP contribution in [0.3, 0.4) is 0 Å². The summed E-state index contributed by atoms with van der Waals surface area (Å²) in [6.45, 7) is 0.900. The van der Waals surface area contributed by atoms with Crippen LogP contribution in [-0.4, -0.2) is 30.0 Å². The molecule has 1 aromatic rings. The number of benzene rings is 1. The molecule has 0 aliphatic heterocycles. The molecule has 1 aromatic carbocycles. The zero-order chi connectivity index (χ0) is 19.2. The molecule has 2 rings (SSSR count). The van der Waals surface area contributed by atoms with Crippen LogP contribution in [0.2, 0.25) is 0 Å². The Morgan fingerprint density at radius 3 is 2.54 bits per heavy atom. The minimum absolute atomic E-state index is 0.0264. The van der Waals surface area contributed by atoms with Gasteiger partial charge in [-0.25, -0.2) is 8.78 Å². The molecule has 1 aliphatic rings. The molecule has 1 aliphatic carbocycles. The number of amides is 1. The lowest BCUT2D eigenvalue weighted by Gasteiger charge is -2.37. The number of hydrogen-bond donors (Lipinski definition) is 2. The number of hydrogen-bond acceptors (Lipinski definition) is 3. The van der Waals surface area contributed by atoms with Crippen LogP contribution in [0, 0.1) is 11.3 Å². The number of carbonyl (C=O) groups excluding carboxylic acids is 1. The van der Waals surface area contributed by atoms with Gasteiger partial charge in [0.25, 0.3) is 6.43 Å². The number of carbonyl (C=O) groups is 2. The molecule has 0 heterocycles. The van der Waals surface area contributed by atoms with E-state index < -0.39 is 30.3 Å². The summed E-state index contributed by atoms with van der Waals surface area (Å²) in [5, 5.41) is 12.0. The number of aliphatic carboxylic acids is 1. The smallest absolute Gasteiger partial charge is 0.304 e. The van der Waals surface area contributed by atoms with E-state index in [0.29, 0.717) is 0 Å². The van der Waals surface area contributed by atoms with Crippen LogP contribution < -0.4 is 10.1 Å². The highest BCUT2D eigenvalue weighted by Crippen LogP contribution is 2.42. The summed E-state index contributed by atoms with van der Waals surface area (Å²) in [6, 6.07) is 6.32. The molecule has 1 atom stereocenters. The summed E-state index contributed by atoms with van der Waals surface area (Å²) in [5.41, 5.74) is -0.798. The first-order chi connectivity index (χ1) is 12.3. The van der Waals surface area contributed by atoms with Crippen LogP contribution in [0.4, 0.5) is 14.5 Å². The molecular formula is C19H25F2NO4. The number of halogens is 2. The number of carboxylic acids is 1. The zero-order valence-electron chi connectivity index (χ0n) is 14.8. The van der Waals surface area contributed by atoms with Gasteiger partial charge in [-0.3, -0.25) is 9.59 Å². The molecule has 5 nitrogen and oxygen atoms in total. The summed E-state index contributed by atoms with van der Waals surface area (Å²) >= 11 is 0. The van der Waals surface area contributed by atoms with Crippen molar-refractivity contribution in [1.82, 2.24) is 0 Å². The maximum absolute atomic E-state index is 13.0. The van der Waals surface area contributed by atoms with E-state index in [4.69, 9.17) is 4.74 Å². The van der Waals surface area contributed by atoms with E-state index in [9.17, 15) is 23.5 Å². The van der Waals surface area contributed by atoms with E-state index >= 15 is 0 Å². The van der Waals surface area contributed by atoms with Gasteiger partial charge in [-0.2, -0.15) is 0 Å². The number of rotatable bonds is 8. The number of anilines is 1. The molecule has 0 bridgehead atoms. The van der Waals surface area contributed by atoms with Gasteiger partial charge in [-0.05, 0) is 37.8 Å². The zero-order valence-corrected chi connectivity index (χ0v) is 14.8. The van der Waals surface area contributed by atoms with Gasteiger partial charge in [0.15, 0.2) is 0 Å². The molecule has 0 radical (unpaired) electrons. The van der Waals surface area contributed by atoms with Gasteiger partial charge in [0.1, 0.15) is 12.4 Å². The van der Waals surface area contributed by atoms with Crippen molar-refractivity contribution in [3.8, 4) is 5.75 Å². The van der Waals surface area contributed by atoms with Gasteiger partial charge in [-0.15, -0.1) is 0 Å². The van der Waals surface area contributed by atoms with Crippen LogP contribution in [0.1, 0.15) is 45.4 Å². The van der Waals surface area contributed by atoms with Crippen molar-refractivity contribution in [1.29, 1.82) is 0 Å². The summed E-state index contributed by atoms with van der Waals surface area (Å²) in [6.07, 6.45) is 1.75. The third-order valence-electron chi connectivity index (χ3n) is 5.04. The first-order valence-electron chi connectivity index (χ1n) is 8.86. The molecule has 1 fully saturated rings. The minimum atomic E-state index is -2.63. The van der Waals surface area contributed by atoms with Gasteiger partial charge in [0.2, 0.25) is 5.91 Å². The van der Waals surface area contributed by atoms with Crippen LogP contribution in [0.25, 0.3) is 0 Å². The van der Waals surface area contributed by atoms with E-state index in [1.165, 1.54) is 6.07 Å². The molecule has 1 unspecified atom stereocenters. The number of nitrogens with one attached hydrogen (secondary N) is 1. The molecule has 144 valence electrons. The maximum atomic E-state index is 13.0. The first-order valence-corrected chi connectivity index (χ1v) is 8.86. The fourth-order valence-electron chi connectivity index (χ4n) is 3.58. The van der Waals surface area contributed by atoms with Crippen LogP contribution in [-0.2, 0) is 9.59 Å². The quantitative estimate of drug-likeness (QED) is 0.715. The summed E-state index contributed by atoms with van der Waals surface area (Å²) in [7, 11) is 0. The average molecular weight is 369 g/mol. The predicted molar refractivity (Wildman–Crippen MR) is 93.5 cm³/mol. The normalized spacial score (nSPS) is 17.5. The second-order valence-electron chi connectivity index (χ2n) is 6.98. The van der Waals surface area contributed by atoms with Crippen molar-refractivity contribution in [2.75, 3.05) is 11.9 Å². The Labute approximate surface area is 151 Å². The lowest BCUT2D eigenvalue weighted by atomic mass is 9.67. The molecule has 7 heteroatoms. The SMILES string of the molecule is CC(CC(=O)O)(C(=O)Nc1ccccc1OCC(F)F)C1CCCCC1. The Kier molecular flexibility index (Phi) is 6.94.